The largest absolute Gasteiger partial charge is 0.447 e. The van der Waals surface area contributed by atoms with Gasteiger partial charge in [0, 0.05) is 12.3 Å². The van der Waals surface area contributed by atoms with Crippen LogP contribution in [0.25, 0.3) is 0 Å². The molecule has 0 atom stereocenters. The van der Waals surface area contributed by atoms with Crippen molar-refractivity contribution in [1.82, 2.24) is 0 Å². The molecule has 0 fully saturated rings. The van der Waals surface area contributed by atoms with Crippen molar-refractivity contribution in [1.29, 1.82) is 0 Å². The highest BCUT2D eigenvalue weighted by molar-refractivity contribution is 5.84. The van der Waals surface area contributed by atoms with Crippen molar-refractivity contribution < 1.29 is 14.3 Å². The van der Waals surface area contributed by atoms with Crippen molar-refractivity contribution in [2.75, 3.05) is 25.1 Å². The molecule has 1 amide bonds. The van der Waals surface area contributed by atoms with Gasteiger partial charge < -0.3 is 9.47 Å². The van der Waals surface area contributed by atoms with Crippen LogP contribution in [0.4, 0.5) is 10.5 Å². The molecule has 0 heterocycles. The molecule has 0 bridgehead atoms. The van der Waals surface area contributed by atoms with E-state index in [1.54, 1.807) is 12.1 Å². The van der Waals surface area contributed by atoms with Crippen LogP contribution in [0.3, 0.4) is 0 Å². The Bertz CT molecular complexity index is 287. The van der Waals surface area contributed by atoms with E-state index in [2.05, 4.69) is 5.32 Å². The third-order valence-corrected chi connectivity index (χ3v) is 1.69. The fourth-order valence-corrected chi connectivity index (χ4v) is 1.01. The maximum absolute atomic E-state index is 11.2. The summed E-state index contributed by atoms with van der Waals surface area (Å²) in [6.45, 7) is 3.22. The lowest BCUT2D eigenvalue weighted by Gasteiger charge is -2.06. The zero-order valence-corrected chi connectivity index (χ0v) is 8.73. The third kappa shape index (κ3) is 5.02. The molecule has 1 rings (SSSR count). The summed E-state index contributed by atoms with van der Waals surface area (Å²) in [5.74, 6) is 0. The highest BCUT2D eigenvalue weighted by atomic mass is 16.6. The molecule has 4 heteroatoms. The number of carbonyl (C=O) groups is 1. The van der Waals surface area contributed by atoms with Gasteiger partial charge in [-0.25, -0.2) is 4.79 Å². The van der Waals surface area contributed by atoms with E-state index in [9.17, 15) is 4.79 Å². The molecule has 1 aromatic rings. The summed E-state index contributed by atoms with van der Waals surface area (Å²) in [6.07, 6.45) is -0.457. The summed E-state index contributed by atoms with van der Waals surface area (Å²) in [6, 6.07) is 9.16. The van der Waals surface area contributed by atoms with E-state index in [0.29, 0.717) is 13.2 Å². The number of hydrogen-bond acceptors (Lipinski definition) is 3. The number of hydrogen-bond donors (Lipinski definition) is 1. The van der Waals surface area contributed by atoms with E-state index in [1.807, 2.05) is 25.1 Å². The van der Waals surface area contributed by atoms with Gasteiger partial charge in [-0.3, -0.25) is 5.32 Å². The van der Waals surface area contributed by atoms with Crippen molar-refractivity contribution in [3.63, 3.8) is 0 Å². The molecule has 0 aromatic heterocycles. The van der Waals surface area contributed by atoms with E-state index in [-0.39, 0.29) is 6.61 Å². The smallest absolute Gasteiger partial charge is 0.411 e. The molecule has 0 spiro atoms. The van der Waals surface area contributed by atoms with Crippen LogP contribution in [0.15, 0.2) is 30.3 Å². The molecule has 15 heavy (non-hydrogen) atoms. The first kappa shape index (κ1) is 11.5. The predicted molar refractivity (Wildman–Crippen MR) is 57.9 cm³/mol. The van der Waals surface area contributed by atoms with Crippen molar-refractivity contribution in [3.8, 4) is 0 Å². The zero-order chi connectivity index (χ0) is 10.9. The monoisotopic (exact) mass is 209 g/mol. The fourth-order valence-electron chi connectivity index (χ4n) is 1.01. The average Bonchev–Trinajstić information content (AvgIpc) is 2.26. The Labute approximate surface area is 89.2 Å². The summed E-state index contributed by atoms with van der Waals surface area (Å²) in [7, 11) is 0. The lowest BCUT2D eigenvalue weighted by Crippen LogP contribution is -2.16. The molecule has 0 aliphatic carbocycles. The minimum atomic E-state index is -0.457. The van der Waals surface area contributed by atoms with Crippen LogP contribution in [0.1, 0.15) is 6.92 Å². The van der Waals surface area contributed by atoms with Gasteiger partial charge >= 0.3 is 6.09 Å². The topological polar surface area (TPSA) is 47.6 Å². The molecule has 1 aromatic carbocycles. The van der Waals surface area contributed by atoms with Gasteiger partial charge in [0.1, 0.15) is 6.61 Å². The van der Waals surface area contributed by atoms with Crippen molar-refractivity contribution >= 4 is 11.8 Å². The molecule has 1 N–H and O–H groups in total. The van der Waals surface area contributed by atoms with Gasteiger partial charge in [-0.05, 0) is 19.1 Å². The summed E-state index contributed by atoms with van der Waals surface area (Å²) < 4.78 is 9.90. The normalized spacial score (nSPS) is 9.67. The summed E-state index contributed by atoms with van der Waals surface area (Å²) >= 11 is 0. The summed E-state index contributed by atoms with van der Waals surface area (Å²) in [5.41, 5.74) is 0.721. The van der Waals surface area contributed by atoms with Crippen molar-refractivity contribution in [3.05, 3.63) is 30.3 Å². The SMILES string of the molecule is CCOCCOC(=O)Nc1ccccc1. The molecular weight excluding hydrogens is 194 g/mol. The molecule has 0 saturated heterocycles. The molecule has 0 aliphatic heterocycles. The third-order valence-electron chi connectivity index (χ3n) is 1.69. The van der Waals surface area contributed by atoms with E-state index < -0.39 is 6.09 Å². The van der Waals surface area contributed by atoms with E-state index >= 15 is 0 Å². The number of anilines is 1. The standard InChI is InChI=1S/C11H15NO3/c1-2-14-8-9-15-11(13)12-10-6-4-3-5-7-10/h3-7H,2,8-9H2,1H3,(H,12,13). The minimum absolute atomic E-state index is 0.270. The van der Waals surface area contributed by atoms with Crippen LogP contribution < -0.4 is 5.32 Å². The van der Waals surface area contributed by atoms with Crippen molar-refractivity contribution in [2.45, 2.75) is 6.92 Å². The van der Waals surface area contributed by atoms with Gasteiger partial charge in [0.25, 0.3) is 0 Å². The molecule has 82 valence electrons. The highest BCUT2D eigenvalue weighted by Crippen LogP contribution is 2.04. The second-order valence-electron chi connectivity index (χ2n) is 2.82. The number of benzene rings is 1. The number of para-hydroxylation sites is 1. The van der Waals surface area contributed by atoms with Crippen LogP contribution in [0.2, 0.25) is 0 Å². The first-order chi connectivity index (χ1) is 7.33. The molecule has 0 radical (unpaired) electrons. The highest BCUT2D eigenvalue weighted by Gasteiger charge is 2.01. The average molecular weight is 209 g/mol. The van der Waals surface area contributed by atoms with E-state index in [0.717, 1.165) is 5.69 Å². The molecule has 0 unspecified atom stereocenters. The van der Waals surface area contributed by atoms with E-state index in [4.69, 9.17) is 9.47 Å². The fraction of sp³-hybridized carbons (Fsp3) is 0.364. The zero-order valence-electron chi connectivity index (χ0n) is 8.73. The maximum atomic E-state index is 11.2. The number of carbonyl (C=O) groups excluding carboxylic acids is 1. The minimum Gasteiger partial charge on any atom is -0.447 e. The Morgan fingerprint density at radius 2 is 2.00 bits per heavy atom. The lowest BCUT2D eigenvalue weighted by atomic mass is 10.3. The Kier molecular flexibility index (Phi) is 5.25. The van der Waals surface area contributed by atoms with Gasteiger partial charge in [0.05, 0.1) is 6.61 Å². The quantitative estimate of drug-likeness (QED) is 0.757. The lowest BCUT2D eigenvalue weighted by molar-refractivity contribution is 0.0850. The van der Waals surface area contributed by atoms with Crippen LogP contribution >= 0.6 is 0 Å². The predicted octanol–water partition coefficient (Wildman–Crippen LogP) is 2.27. The van der Waals surface area contributed by atoms with E-state index in [1.165, 1.54) is 0 Å². The molecule has 4 nitrogen and oxygen atoms in total. The summed E-state index contributed by atoms with van der Waals surface area (Å²) in [4.78, 5) is 11.2. The maximum Gasteiger partial charge on any atom is 0.411 e. The second-order valence-corrected chi connectivity index (χ2v) is 2.82. The number of rotatable bonds is 5. The van der Waals surface area contributed by atoms with Gasteiger partial charge in [-0.1, -0.05) is 18.2 Å². The number of ether oxygens (including phenoxy) is 2. The van der Waals surface area contributed by atoms with Gasteiger partial charge in [0.15, 0.2) is 0 Å². The first-order valence-corrected chi connectivity index (χ1v) is 4.89. The van der Waals surface area contributed by atoms with Crippen LogP contribution in [-0.2, 0) is 9.47 Å². The number of amides is 1. The Morgan fingerprint density at radius 3 is 2.67 bits per heavy atom. The Hall–Kier alpha value is -1.55. The molecule has 0 aliphatic rings. The van der Waals surface area contributed by atoms with Crippen molar-refractivity contribution in [2.24, 2.45) is 0 Å². The summed E-state index contributed by atoms with van der Waals surface area (Å²) in [5, 5.41) is 2.60. The number of nitrogens with one attached hydrogen (secondary N) is 1. The van der Waals surface area contributed by atoms with Crippen LogP contribution in [0.5, 0.6) is 0 Å². The van der Waals surface area contributed by atoms with Crippen LogP contribution in [-0.4, -0.2) is 25.9 Å². The molecular formula is C11H15NO3. The molecule has 0 saturated carbocycles. The van der Waals surface area contributed by atoms with Gasteiger partial charge in [0.2, 0.25) is 0 Å². The Balaban J connectivity index is 2.19. The Morgan fingerprint density at radius 1 is 1.27 bits per heavy atom. The van der Waals surface area contributed by atoms with Gasteiger partial charge in [-0.2, -0.15) is 0 Å². The van der Waals surface area contributed by atoms with Gasteiger partial charge in [-0.15, -0.1) is 0 Å². The second kappa shape index (κ2) is 6.84. The van der Waals surface area contributed by atoms with Crippen LogP contribution in [0, 0.1) is 0 Å². The first-order valence-electron chi connectivity index (χ1n) is 4.89.